The Balaban J connectivity index is 2.73. The maximum Gasteiger partial charge on any atom is 0.414 e. The van der Waals surface area contributed by atoms with Crippen molar-refractivity contribution in [1.29, 1.82) is 0 Å². The van der Waals surface area contributed by atoms with Crippen LogP contribution in [0.5, 0.6) is 5.75 Å². The number of nitrogens with zero attached hydrogens (tertiary/aromatic N) is 1. The van der Waals surface area contributed by atoms with Crippen LogP contribution in [0.4, 0.5) is 10.5 Å². The van der Waals surface area contributed by atoms with Crippen LogP contribution in [0.25, 0.3) is 0 Å². The van der Waals surface area contributed by atoms with Gasteiger partial charge in [0.2, 0.25) is 5.91 Å². The molecule has 0 bridgehead atoms. The van der Waals surface area contributed by atoms with Gasteiger partial charge in [-0.15, -0.1) is 0 Å². The Kier molecular flexibility index (Phi) is 4.92. The van der Waals surface area contributed by atoms with E-state index in [0.717, 1.165) is 0 Å². The van der Waals surface area contributed by atoms with Gasteiger partial charge >= 0.3 is 6.09 Å². The van der Waals surface area contributed by atoms with Gasteiger partial charge in [0.1, 0.15) is 5.75 Å². The van der Waals surface area contributed by atoms with Crippen molar-refractivity contribution < 1.29 is 14.3 Å². The fourth-order valence-corrected chi connectivity index (χ4v) is 1.16. The molecule has 0 aromatic heterocycles. The molecule has 0 saturated heterocycles. The van der Waals surface area contributed by atoms with Crippen molar-refractivity contribution in [3.63, 3.8) is 0 Å². The number of rotatable bonds is 3. The van der Waals surface area contributed by atoms with Crippen molar-refractivity contribution in [2.24, 2.45) is 0 Å². The van der Waals surface area contributed by atoms with Crippen molar-refractivity contribution in [3.05, 3.63) is 36.4 Å². The molecule has 0 atom stereocenters. The van der Waals surface area contributed by atoms with Crippen LogP contribution in [-0.2, 0) is 4.79 Å². The molecule has 1 rings (SSSR count). The number of anilines is 1. The van der Waals surface area contributed by atoms with Gasteiger partial charge in [-0.1, -0.05) is 12.1 Å². The van der Waals surface area contributed by atoms with Crippen LogP contribution in [0.3, 0.4) is 0 Å². The van der Waals surface area contributed by atoms with E-state index in [1.165, 1.54) is 11.0 Å². The van der Waals surface area contributed by atoms with Crippen molar-refractivity contribution >= 4 is 17.7 Å². The molecule has 5 nitrogen and oxygen atoms in total. The van der Waals surface area contributed by atoms with Gasteiger partial charge in [0.05, 0.1) is 0 Å². The molecule has 0 unspecified atom stereocenters. The van der Waals surface area contributed by atoms with Crippen LogP contribution < -0.4 is 10.1 Å². The summed E-state index contributed by atoms with van der Waals surface area (Å²) >= 11 is 0. The Morgan fingerprint density at radius 3 is 2.67 bits per heavy atom. The Bertz CT molecular complexity index is 467. The minimum Gasteiger partial charge on any atom is -0.410 e. The van der Waals surface area contributed by atoms with Gasteiger partial charge in [0.25, 0.3) is 0 Å². The molecule has 18 heavy (non-hydrogen) atoms. The Morgan fingerprint density at radius 2 is 2.06 bits per heavy atom. The highest BCUT2D eigenvalue weighted by atomic mass is 16.6. The van der Waals surface area contributed by atoms with Gasteiger partial charge in [-0.3, -0.25) is 4.79 Å². The number of hydrogen-bond acceptors (Lipinski definition) is 3. The number of carbonyl (C=O) groups is 2. The number of hydrogen-bond donors (Lipinski definition) is 1. The second-order valence-corrected chi connectivity index (χ2v) is 3.78. The Labute approximate surface area is 106 Å². The molecule has 1 aromatic carbocycles. The van der Waals surface area contributed by atoms with Crippen molar-refractivity contribution in [1.82, 2.24) is 4.90 Å². The largest absolute Gasteiger partial charge is 0.414 e. The number of nitrogens with one attached hydrogen (secondary N) is 1. The van der Waals surface area contributed by atoms with Crippen LogP contribution in [0.15, 0.2) is 36.4 Å². The van der Waals surface area contributed by atoms with E-state index in [0.29, 0.717) is 11.4 Å². The summed E-state index contributed by atoms with van der Waals surface area (Å²) in [4.78, 5) is 24.0. The van der Waals surface area contributed by atoms with Crippen molar-refractivity contribution in [2.75, 3.05) is 19.4 Å². The first-order valence-electron chi connectivity index (χ1n) is 5.46. The van der Waals surface area contributed by atoms with E-state index in [-0.39, 0.29) is 5.91 Å². The van der Waals surface area contributed by atoms with E-state index < -0.39 is 6.09 Å². The summed E-state index contributed by atoms with van der Waals surface area (Å²) in [5, 5.41) is 2.66. The second kappa shape index (κ2) is 6.44. The second-order valence-electron chi connectivity index (χ2n) is 3.78. The molecule has 96 valence electrons. The summed E-state index contributed by atoms with van der Waals surface area (Å²) in [5.74, 6) is 0.153. The van der Waals surface area contributed by atoms with Crippen molar-refractivity contribution in [3.8, 4) is 5.75 Å². The summed E-state index contributed by atoms with van der Waals surface area (Å²) < 4.78 is 5.08. The molecule has 0 aliphatic rings. The van der Waals surface area contributed by atoms with E-state index in [1.54, 1.807) is 51.4 Å². The lowest BCUT2D eigenvalue weighted by atomic mass is 10.3. The van der Waals surface area contributed by atoms with Crippen LogP contribution >= 0.6 is 0 Å². The lowest BCUT2D eigenvalue weighted by molar-refractivity contribution is -0.111. The van der Waals surface area contributed by atoms with E-state index >= 15 is 0 Å². The first kappa shape index (κ1) is 13.8. The molecule has 0 heterocycles. The number of allylic oxidation sites excluding steroid dienone is 1. The molecular weight excluding hydrogens is 232 g/mol. The average Bonchev–Trinajstić information content (AvgIpc) is 2.29. The third kappa shape index (κ3) is 4.29. The summed E-state index contributed by atoms with van der Waals surface area (Å²) in [6, 6.07) is 6.65. The van der Waals surface area contributed by atoms with Gasteiger partial charge in [0.15, 0.2) is 0 Å². The molecule has 0 fully saturated rings. The fourth-order valence-electron chi connectivity index (χ4n) is 1.16. The molecule has 0 aliphatic carbocycles. The molecule has 2 amide bonds. The summed E-state index contributed by atoms with van der Waals surface area (Å²) in [7, 11) is 3.19. The molecule has 0 radical (unpaired) electrons. The fraction of sp³-hybridized carbons (Fsp3) is 0.231. The van der Waals surface area contributed by atoms with Crippen LogP contribution in [-0.4, -0.2) is 31.0 Å². The quantitative estimate of drug-likeness (QED) is 0.835. The van der Waals surface area contributed by atoms with Crippen LogP contribution in [0, 0.1) is 0 Å². The zero-order chi connectivity index (χ0) is 13.5. The predicted molar refractivity (Wildman–Crippen MR) is 69.6 cm³/mol. The summed E-state index contributed by atoms with van der Waals surface area (Å²) in [6.45, 7) is 1.76. The van der Waals surface area contributed by atoms with E-state index in [9.17, 15) is 9.59 Å². The minimum absolute atomic E-state index is 0.228. The zero-order valence-corrected chi connectivity index (χ0v) is 10.6. The predicted octanol–water partition coefficient (Wildman–Crippen LogP) is 2.26. The Morgan fingerprint density at radius 1 is 1.33 bits per heavy atom. The highest BCUT2D eigenvalue weighted by Crippen LogP contribution is 2.17. The Hall–Kier alpha value is -2.30. The maximum absolute atomic E-state index is 11.4. The van der Waals surface area contributed by atoms with Gasteiger partial charge in [-0.05, 0) is 25.1 Å². The number of benzene rings is 1. The smallest absolute Gasteiger partial charge is 0.410 e. The van der Waals surface area contributed by atoms with Crippen LogP contribution in [0.2, 0.25) is 0 Å². The van der Waals surface area contributed by atoms with E-state index in [1.807, 2.05) is 0 Å². The molecular formula is C13H16N2O3. The van der Waals surface area contributed by atoms with E-state index in [4.69, 9.17) is 4.74 Å². The molecule has 0 aliphatic heterocycles. The molecule has 0 saturated carbocycles. The zero-order valence-electron chi connectivity index (χ0n) is 10.6. The number of carbonyl (C=O) groups excluding carboxylic acids is 2. The van der Waals surface area contributed by atoms with Gasteiger partial charge in [0, 0.05) is 25.8 Å². The van der Waals surface area contributed by atoms with Gasteiger partial charge in [-0.2, -0.15) is 0 Å². The highest BCUT2D eigenvalue weighted by molar-refractivity contribution is 5.99. The maximum atomic E-state index is 11.4. The number of ether oxygens (including phenoxy) is 1. The molecule has 1 aromatic rings. The monoisotopic (exact) mass is 248 g/mol. The highest BCUT2D eigenvalue weighted by Gasteiger charge is 2.07. The van der Waals surface area contributed by atoms with Gasteiger partial charge < -0.3 is 15.0 Å². The van der Waals surface area contributed by atoms with Gasteiger partial charge in [-0.25, -0.2) is 4.79 Å². The molecule has 0 spiro atoms. The summed E-state index contributed by atoms with van der Waals surface area (Å²) in [6.07, 6.45) is 2.59. The van der Waals surface area contributed by atoms with E-state index in [2.05, 4.69) is 5.32 Å². The lowest BCUT2D eigenvalue weighted by Crippen LogP contribution is -2.25. The average molecular weight is 248 g/mol. The summed E-state index contributed by atoms with van der Waals surface area (Å²) in [5.41, 5.74) is 0.571. The minimum atomic E-state index is -0.466. The lowest BCUT2D eigenvalue weighted by Gasteiger charge is -2.11. The first-order chi connectivity index (χ1) is 8.52. The normalized spacial score (nSPS) is 10.2. The SMILES string of the molecule is C/C=C/C(=O)Nc1cccc(OC(=O)N(C)C)c1. The van der Waals surface area contributed by atoms with Crippen molar-refractivity contribution in [2.45, 2.75) is 6.92 Å². The topological polar surface area (TPSA) is 58.6 Å². The third-order valence-electron chi connectivity index (χ3n) is 1.99. The van der Waals surface area contributed by atoms with Crippen LogP contribution in [0.1, 0.15) is 6.92 Å². The standard InChI is InChI=1S/C13H16N2O3/c1-4-6-12(16)14-10-7-5-8-11(9-10)18-13(17)15(2)3/h4-9H,1-3H3,(H,14,16)/b6-4+. The number of amides is 2. The third-order valence-corrected chi connectivity index (χ3v) is 1.99. The first-order valence-corrected chi connectivity index (χ1v) is 5.46. The molecule has 5 heteroatoms. The molecule has 1 N–H and O–H groups in total.